The molecule has 1 aromatic heterocycles. The van der Waals surface area contributed by atoms with Gasteiger partial charge in [-0.05, 0) is 38.0 Å². The van der Waals surface area contributed by atoms with Crippen molar-refractivity contribution in [3.63, 3.8) is 0 Å². The number of oxazole rings is 1. The van der Waals surface area contributed by atoms with Gasteiger partial charge in [0.1, 0.15) is 5.76 Å². The largest absolute Gasteiger partial charge is 0.448 e. The molecule has 2 aromatic carbocycles. The molecule has 0 fully saturated rings. The predicted molar refractivity (Wildman–Crippen MR) is 114 cm³/mol. The topological polar surface area (TPSA) is 81.4 Å². The van der Waals surface area contributed by atoms with Gasteiger partial charge in [0.15, 0.2) is 11.8 Å². The molecule has 0 radical (unpaired) electrons. The Morgan fingerprint density at radius 1 is 1.07 bits per heavy atom. The lowest BCUT2D eigenvalue weighted by molar-refractivity contribution is -0.129. The molecule has 6 nitrogen and oxygen atoms in total. The highest BCUT2D eigenvalue weighted by Gasteiger charge is 2.24. The van der Waals surface area contributed by atoms with Gasteiger partial charge in [0.25, 0.3) is 5.91 Å². The molecule has 0 aliphatic carbocycles. The number of carbonyl (C=O) groups is 2. The lowest BCUT2D eigenvalue weighted by Crippen LogP contribution is -2.38. The van der Waals surface area contributed by atoms with Gasteiger partial charge < -0.3 is 14.5 Å². The van der Waals surface area contributed by atoms with Crippen molar-refractivity contribution in [2.24, 2.45) is 0 Å². The Balaban J connectivity index is 1.59. The summed E-state index contributed by atoms with van der Waals surface area (Å²) in [4.78, 5) is 29.2. The van der Waals surface area contributed by atoms with Gasteiger partial charge in [-0.25, -0.2) is 9.78 Å². The van der Waals surface area contributed by atoms with E-state index >= 15 is 0 Å². The van der Waals surface area contributed by atoms with Gasteiger partial charge in [-0.1, -0.05) is 55.5 Å². The molecule has 0 unspecified atom stereocenters. The average molecular weight is 406 g/mol. The first-order valence-corrected chi connectivity index (χ1v) is 10.1. The zero-order valence-corrected chi connectivity index (χ0v) is 17.4. The van der Waals surface area contributed by atoms with Crippen LogP contribution in [-0.4, -0.2) is 29.5 Å². The fourth-order valence-electron chi connectivity index (χ4n) is 3.15. The number of aryl methyl sites for hydroxylation is 1. The first-order valence-electron chi connectivity index (χ1n) is 10.1. The highest BCUT2D eigenvalue weighted by Crippen LogP contribution is 2.22. The number of ether oxygens (including phenoxy) is 1. The molecule has 1 N–H and O–H groups in total. The van der Waals surface area contributed by atoms with Crippen LogP contribution in [-0.2, 0) is 9.53 Å². The Hall–Kier alpha value is -3.41. The Morgan fingerprint density at radius 3 is 2.33 bits per heavy atom. The lowest BCUT2D eigenvalue weighted by atomic mass is 9.96. The summed E-state index contributed by atoms with van der Waals surface area (Å²) >= 11 is 0. The number of hydrogen-bond donors (Lipinski definition) is 1. The summed E-state index contributed by atoms with van der Waals surface area (Å²) in [5.41, 5.74) is 2.00. The number of rotatable bonds is 8. The molecule has 0 aliphatic heterocycles. The molecule has 0 aliphatic rings. The number of nitrogens with zero attached hydrogens (tertiary/aromatic N) is 1. The Kier molecular flexibility index (Phi) is 7.01. The van der Waals surface area contributed by atoms with Crippen molar-refractivity contribution in [1.29, 1.82) is 0 Å². The van der Waals surface area contributed by atoms with Crippen LogP contribution in [0.4, 0.5) is 0 Å². The fourth-order valence-corrected chi connectivity index (χ4v) is 3.15. The van der Waals surface area contributed by atoms with Crippen molar-refractivity contribution < 1.29 is 18.7 Å². The van der Waals surface area contributed by atoms with Crippen LogP contribution in [0.3, 0.4) is 0 Å². The number of amides is 1. The van der Waals surface area contributed by atoms with Crippen molar-refractivity contribution in [2.75, 3.05) is 6.54 Å². The molecule has 3 rings (SSSR count). The molecule has 0 bridgehead atoms. The van der Waals surface area contributed by atoms with Gasteiger partial charge in [-0.2, -0.15) is 0 Å². The third kappa shape index (κ3) is 5.14. The maximum atomic E-state index is 12.5. The molecular formula is C24H26N2O4. The van der Waals surface area contributed by atoms with Crippen LogP contribution >= 0.6 is 0 Å². The van der Waals surface area contributed by atoms with Crippen molar-refractivity contribution in [3.05, 3.63) is 77.7 Å². The van der Waals surface area contributed by atoms with Gasteiger partial charge >= 0.3 is 5.97 Å². The smallest absolute Gasteiger partial charge is 0.361 e. The van der Waals surface area contributed by atoms with Crippen molar-refractivity contribution >= 4 is 11.9 Å². The zero-order chi connectivity index (χ0) is 21.5. The van der Waals surface area contributed by atoms with Crippen LogP contribution in [0.1, 0.15) is 48.0 Å². The van der Waals surface area contributed by atoms with E-state index in [2.05, 4.69) is 17.2 Å². The summed E-state index contributed by atoms with van der Waals surface area (Å²) in [6, 6.07) is 19.3. The quantitative estimate of drug-likeness (QED) is 0.557. The van der Waals surface area contributed by atoms with E-state index < -0.39 is 12.1 Å². The molecule has 0 spiro atoms. The standard InChI is InChI=1S/C24H26N2O4/c1-4-18(19-11-7-5-8-12-19)15-25-22(27)17(3)30-24(28)21-16(2)29-23(26-21)20-13-9-6-10-14-20/h5-14,17-18H,4,15H2,1-3H3,(H,25,27)/t17-,18-/m0/s1. The SMILES string of the molecule is CC[C@@H](CNC(=O)[C@H](C)OC(=O)c1nc(-c2ccccc2)oc1C)c1ccccc1. The monoisotopic (exact) mass is 406 g/mol. The second-order valence-corrected chi connectivity index (χ2v) is 7.10. The summed E-state index contributed by atoms with van der Waals surface area (Å²) in [5, 5.41) is 2.87. The number of nitrogens with one attached hydrogen (secondary N) is 1. The summed E-state index contributed by atoms with van der Waals surface area (Å²) < 4.78 is 10.9. The average Bonchev–Trinajstić information content (AvgIpc) is 3.17. The third-order valence-corrected chi connectivity index (χ3v) is 4.95. The molecule has 6 heteroatoms. The van der Waals surface area contributed by atoms with Gasteiger partial charge in [0.05, 0.1) is 0 Å². The van der Waals surface area contributed by atoms with Crippen LogP contribution in [0, 0.1) is 6.92 Å². The van der Waals surface area contributed by atoms with Crippen molar-refractivity contribution in [2.45, 2.75) is 39.2 Å². The van der Waals surface area contributed by atoms with E-state index in [1.165, 1.54) is 0 Å². The van der Waals surface area contributed by atoms with E-state index in [9.17, 15) is 9.59 Å². The van der Waals surface area contributed by atoms with Gasteiger partial charge in [-0.15, -0.1) is 0 Å². The van der Waals surface area contributed by atoms with Crippen LogP contribution in [0.25, 0.3) is 11.5 Å². The van der Waals surface area contributed by atoms with Crippen LogP contribution < -0.4 is 5.32 Å². The summed E-state index contributed by atoms with van der Waals surface area (Å²) in [7, 11) is 0. The maximum absolute atomic E-state index is 12.5. The molecule has 30 heavy (non-hydrogen) atoms. The molecule has 2 atom stereocenters. The lowest BCUT2D eigenvalue weighted by Gasteiger charge is -2.18. The van der Waals surface area contributed by atoms with E-state index in [1.54, 1.807) is 13.8 Å². The summed E-state index contributed by atoms with van der Waals surface area (Å²) in [6.07, 6.45) is -0.0548. The maximum Gasteiger partial charge on any atom is 0.361 e. The van der Waals surface area contributed by atoms with Crippen molar-refractivity contribution in [3.8, 4) is 11.5 Å². The van der Waals surface area contributed by atoms with Gasteiger partial charge in [-0.3, -0.25) is 4.79 Å². The molecule has 156 valence electrons. The number of hydrogen-bond acceptors (Lipinski definition) is 5. The molecule has 0 saturated carbocycles. The van der Waals surface area contributed by atoms with E-state index in [0.717, 1.165) is 17.5 Å². The van der Waals surface area contributed by atoms with E-state index in [0.29, 0.717) is 18.2 Å². The number of carbonyl (C=O) groups excluding carboxylic acids is 2. The third-order valence-electron chi connectivity index (χ3n) is 4.95. The second-order valence-electron chi connectivity index (χ2n) is 7.10. The zero-order valence-electron chi connectivity index (χ0n) is 17.4. The molecule has 1 heterocycles. The highest BCUT2D eigenvalue weighted by atomic mass is 16.5. The van der Waals surface area contributed by atoms with Crippen LogP contribution in [0.15, 0.2) is 65.1 Å². The Bertz CT molecular complexity index is 983. The van der Waals surface area contributed by atoms with E-state index in [4.69, 9.17) is 9.15 Å². The first-order chi connectivity index (χ1) is 14.5. The Morgan fingerprint density at radius 2 is 1.70 bits per heavy atom. The van der Waals surface area contributed by atoms with Gasteiger partial charge in [0.2, 0.25) is 5.89 Å². The van der Waals surface area contributed by atoms with E-state index in [1.807, 2.05) is 60.7 Å². The number of aromatic nitrogens is 1. The minimum Gasteiger partial charge on any atom is -0.448 e. The molecule has 3 aromatic rings. The number of esters is 1. The van der Waals surface area contributed by atoms with Gasteiger partial charge in [0, 0.05) is 18.0 Å². The summed E-state index contributed by atoms with van der Waals surface area (Å²) in [6.45, 7) is 5.74. The highest BCUT2D eigenvalue weighted by molar-refractivity contribution is 5.91. The Labute approximate surface area is 176 Å². The second kappa shape index (κ2) is 9.87. The molecule has 0 saturated heterocycles. The molecular weight excluding hydrogens is 380 g/mol. The number of benzene rings is 2. The summed E-state index contributed by atoms with van der Waals surface area (Å²) in [5.74, 6) is -0.144. The van der Waals surface area contributed by atoms with Crippen molar-refractivity contribution in [1.82, 2.24) is 10.3 Å². The molecule has 1 amide bonds. The van der Waals surface area contributed by atoms with E-state index in [-0.39, 0.29) is 17.5 Å². The predicted octanol–water partition coefficient (Wildman–Crippen LogP) is 4.51. The van der Waals surface area contributed by atoms with Crippen LogP contribution in [0.5, 0.6) is 0 Å². The normalized spacial score (nSPS) is 12.8. The minimum absolute atomic E-state index is 0.0734. The fraction of sp³-hybridized carbons (Fsp3) is 0.292. The minimum atomic E-state index is -0.943. The van der Waals surface area contributed by atoms with Crippen LogP contribution in [0.2, 0.25) is 0 Å². The first kappa shape index (κ1) is 21.3.